The molecule has 0 spiro atoms. The number of rotatable bonds is 1. The molecular weight excluding hydrogens is 196 g/mol. The molecule has 0 aliphatic heterocycles. The van der Waals surface area contributed by atoms with E-state index >= 15 is 0 Å². The first kappa shape index (κ1) is 8.98. The average molecular weight is 203 g/mol. The zero-order chi connectivity index (χ0) is 9.97. The summed E-state index contributed by atoms with van der Waals surface area (Å²) in [6.07, 6.45) is 2.06. The fraction of sp³-hybridized carbons (Fsp3) is 0.0909. The molecule has 0 radical (unpaired) electrons. The van der Waals surface area contributed by atoms with Crippen molar-refractivity contribution in [3.05, 3.63) is 41.0 Å². The Kier molecular flexibility index (Phi) is 2.34. The lowest BCUT2D eigenvalue weighted by molar-refractivity contribution is 1.27. The highest BCUT2D eigenvalue weighted by atomic mass is 35.5. The third-order valence-electron chi connectivity index (χ3n) is 2.07. The van der Waals surface area contributed by atoms with E-state index in [4.69, 9.17) is 16.9 Å². The number of fused-ring (bicyclic) bond motifs is 1. The molecule has 0 aliphatic carbocycles. The van der Waals surface area contributed by atoms with E-state index in [-0.39, 0.29) is 0 Å². The Morgan fingerprint density at radius 3 is 3.00 bits per heavy atom. The van der Waals surface area contributed by atoms with Crippen molar-refractivity contribution in [3.63, 3.8) is 0 Å². The van der Waals surface area contributed by atoms with Crippen LogP contribution in [0.1, 0.15) is 5.56 Å². The molecule has 0 N–H and O–H groups in total. The second-order valence-corrected chi connectivity index (χ2v) is 3.32. The van der Waals surface area contributed by atoms with Crippen LogP contribution in [0, 0.1) is 11.3 Å². The summed E-state index contributed by atoms with van der Waals surface area (Å²) in [6, 6.07) is 9.56. The number of pyridine rings is 1. The van der Waals surface area contributed by atoms with Gasteiger partial charge >= 0.3 is 0 Å². The first-order valence-corrected chi connectivity index (χ1v) is 4.60. The van der Waals surface area contributed by atoms with E-state index < -0.39 is 0 Å². The van der Waals surface area contributed by atoms with Crippen LogP contribution in [0.4, 0.5) is 0 Å². The molecule has 0 saturated carbocycles. The number of nitriles is 1. The van der Waals surface area contributed by atoms with Gasteiger partial charge in [0.1, 0.15) is 0 Å². The second-order valence-electron chi connectivity index (χ2n) is 2.94. The third-order valence-corrected chi connectivity index (χ3v) is 2.52. The van der Waals surface area contributed by atoms with Crippen LogP contribution in [0.3, 0.4) is 0 Å². The SMILES string of the molecule is N#CCc1ccc2ncccc2c1Cl. The minimum atomic E-state index is 0.337. The minimum absolute atomic E-state index is 0.337. The van der Waals surface area contributed by atoms with Crippen molar-refractivity contribution < 1.29 is 0 Å². The molecule has 0 aliphatic rings. The molecule has 2 aromatic rings. The van der Waals surface area contributed by atoms with Gasteiger partial charge in [0.05, 0.1) is 23.0 Å². The highest BCUT2D eigenvalue weighted by Crippen LogP contribution is 2.25. The van der Waals surface area contributed by atoms with Crippen molar-refractivity contribution >= 4 is 22.5 Å². The van der Waals surface area contributed by atoms with Gasteiger partial charge in [-0.3, -0.25) is 4.98 Å². The number of halogens is 1. The van der Waals surface area contributed by atoms with E-state index in [0.29, 0.717) is 11.4 Å². The Hall–Kier alpha value is -1.59. The summed E-state index contributed by atoms with van der Waals surface area (Å²) in [5, 5.41) is 10.1. The number of aromatic nitrogens is 1. The Morgan fingerprint density at radius 2 is 2.21 bits per heavy atom. The maximum absolute atomic E-state index is 8.59. The fourth-order valence-electron chi connectivity index (χ4n) is 1.38. The maximum atomic E-state index is 8.59. The summed E-state index contributed by atoms with van der Waals surface area (Å²) in [7, 11) is 0. The van der Waals surface area contributed by atoms with Gasteiger partial charge in [-0.15, -0.1) is 0 Å². The first-order chi connectivity index (χ1) is 6.83. The molecule has 1 aromatic heterocycles. The first-order valence-electron chi connectivity index (χ1n) is 4.22. The predicted octanol–water partition coefficient (Wildman–Crippen LogP) is 2.95. The molecule has 0 amide bonds. The van der Waals surface area contributed by atoms with Crippen molar-refractivity contribution in [1.29, 1.82) is 5.26 Å². The molecule has 14 heavy (non-hydrogen) atoms. The van der Waals surface area contributed by atoms with Gasteiger partial charge < -0.3 is 0 Å². The molecule has 0 atom stereocenters. The van der Waals surface area contributed by atoms with Crippen LogP contribution < -0.4 is 0 Å². The Labute approximate surface area is 86.8 Å². The van der Waals surface area contributed by atoms with E-state index in [1.807, 2.05) is 24.3 Å². The van der Waals surface area contributed by atoms with Gasteiger partial charge in [0.2, 0.25) is 0 Å². The van der Waals surface area contributed by atoms with Crippen molar-refractivity contribution in [1.82, 2.24) is 4.98 Å². The quantitative estimate of drug-likeness (QED) is 0.713. The lowest BCUT2D eigenvalue weighted by Crippen LogP contribution is -1.86. The van der Waals surface area contributed by atoms with E-state index in [0.717, 1.165) is 16.5 Å². The zero-order valence-electron chi connectivity index (χ0n) is 7.37. The lowest BCUT2D eigenvalue weighted by atomic mass is 10.1. The number of hydrogen-bond donors (Lipinski definition) is 0. The third kappa shape index (κ3) is 1.43. The van der Waals surface area contributed by atoms with Crippen molar-refractivity contribution in [2.45, 2.75) is 6.42 Å². The summed E-state index contributed by atoms with van der Waals surface area (Å²) < 4.78 is 0. The van der Waals surface area contributed by atoms with Crippen LogP contribution in [-0.2, 0) is 6.42 Å². The molecule has 3 heteroatoms. The fourth-order valence-corrected chi connectivity index (χ4v) is 1.67. The average Bonchev–Trinajstić information content (AvgIpc) is 2.23. The Morgan fingerprint density at radius 1 is 1.36 bits per heavy atom. The number of hydrogen-bond acceptors (Lipinski definition) is 2. The van der Waals surface area contributed by atoms with Gasteiger partial charge in [-0.2, -0.15) is 5.26 Å². The lowest BCUT2D eigenvalue weighted by Gasteiger charge is -2.03. The zero-order valence-corrected chi connectivity index (χ0v) is 8.12. The summed E-state index contributed by atoms with van der Waals surface area (Å²) in [5.74, 6) is 0. The Balaban J connectivity index is 2.70. The maximum Gasteiger partial charge on any atom is 0.0717 e. The molecule has 0 bridgehead atoms. The monoisotopic (exact) mass is 202 g/mol. The minimum Gasteiger partial charge on any atom is -0.256 e. The second kappa shape index (κ2) is 3.65. The molecule has 0 saturated heterocycles. The van der Waals surface area contributed by atoms with Crippen LogP contribution >= 0.6 is 11.6 Å². The van der Waals surface area contributed by atoms with Crippen molar-refractivity contribution in [2.24, 2.45) is 0 Å². The van der Waals surface area contributed by atoms with Gasteiger partial charge in [0, 0.05) is 11.6 Å². The van der Waals surface area contributed by atoms with Crippen LogP contribution in [0.2, 0.25) is 5.02 Å². The number of benzene rings is 1. The molecule has 2 rings (SSSR count). The normalized spacial score (nSPS) is 10.0. The highest BCUT2D eigenvalue weighted by molar-refractivity contribution is 6.36. The van der Waals surface area contributed by atoms with Crippen molar-refractivity contribution in [2.75, 3.05) is 0 Å². The van der Waals surface area contributed by atoms with Gasteiger partial charge in [0.15, 0.2) is 0 Å². The molecule has 0 fully saturated rings. The van der Waals surface area contributed by atoms with Crippen LogP contribution in [0.15, 0.2) is 30.5 Å². The number of nitrogens with zero attached hydrogens (tertiary/aromatic N) is 2. The molecule has 68 valence electrons. The highest BCUT2D eigenvalue weighted by Gasteiger charge is 2.04. The van der Waals surface area contributed by atoms with E-state index in [1.54, 1.807) is 6.20 Å². The van der Waals surface area contributed by atoms with Crippen LogP contribution in [0.5, 0.6) is 0 Å². The summed E-state index contributed by atoms with van der Waals surface area (Å²) >= 11 is 6.13. The van der Waals surface area contributed by atoms with E-state index in [1.165, 1.54) is 0 Å². The van der Waals surface area contributed by atoms with Crippen LogP contribution in [-0.4, -0.2) is 4.98 Å². The summed E-state index contributed by atoms with van der Waals surface area (Å²) in [6.45, 7) is 0. The smallest absolute Gasteiger partial charge is 0.0717 e. The standard InChI is InChI=1S/C11H7ClN2/c12-11-8(5-6-13)3-4-10-9(11)2-1-7-14-10/h1-4,7H,5H2. The van der Waals surface area contributed by atoms with Gasteiger partial charge in [-0.25, -0.2) is 0 Å². The van der Waals surface area contributed by atoms with Crippen LogP contribution in [0.25, 0.3) is 10.9 Å². The van der Waals surface area contributed by atoms with Crippen molar-refractivity contribution in [3.8, 4) is 6.07 Å². The van der Waals surface area contributed by atoms with Gasteiger partial charge in [-0.05, 0) is 23.8 Å². The molecule has 1 aromatic carbocycles. The van der Waals surface area contributed by atoms with Gasteiger partial charge in [0.25, 0.3) is 0 Å². The van der Waals surface area contributed by atoms with Gasteiger partial charge in [-0.1, -0.05) is 17.7 Å². The largest absolute Gasteiger partial charge is 0.256 e. The van der Waals surface area contributed by atoms with E-state index in [2.05, 4.69) is 11.1 Å². The Bertz CT molecular complexity index is 514. The topological polar surface area (TPSA) is 36.7 Å². The van der Waals surface area contributed by atoms with E-state index in [9.17, 15) is 0 Å². The summed E-state index contributed by atoms with van der Waals surface area (Å²) in [4.78, 5) is 4.18. The molecule has 0 unspecified atom stereocenters. The molecule has 1 heterocycles. The molecular formula is C11H7ClN2. The predicted molar refractivity (Wildman–Crippen MR) is 56.1 cm³/mol. The summed E-state index contributed by atoms with van der Waals surface area (Å²) in [5.41, 5.74) is 1.72. The molecule has 2 nitrogen and oxygen atoms in total.